The van der Waals surface area contributed by atoms with Gasteiger partial charge in [0.2, 0.25) is 0 Å². The van der Waals surface area contributed by atoms with Crippen molar-refractivity contribution in [3.8, 4) is 0 Å². The average molecular weight is 268 g/mol. The summed E-state index contributed by atoms with van der Waals surface area (Å²) in [4.78, 5) is 1.65. The minimum atomic E-state index is -2.27. The van der Waals surface area contributed by atoms with E-state index in [9.17, 15) is 8.78 Å². The van der Waals surface area contributed by atoms with Crippen LogP contribution in [0, 0.1) is 0 Å². The van der Waals surface area contributed by atoms with Crippen LogP contribution in [-0.4, -0.2) is 37.5 Å². The van der Waals surface area contributed by atoms with Crippen LogP contribution >= 0.6 is 0 Å². The lowest BCUT2D eigenvalue weighted by atomic mass is 10.1. The molecule has 1 N–H and O–H groups in total. The molecule has 1 aromatic rings. The largest absolute Gasteiger partial charge is 0.314 e. The molecule has 106 valence electrons. The summed E-state index contributed by atoms with van der Waals surface area (Å²) < 4.78 is 24.4. The van der Waals surface area contributed by atoms with E-state index in [0.29, 0.717) is 6.54 Å². The Morgan fingerprint density at radius 1 is 1.21 bits per heavy atom. The van der Waals surface area contributed by atoms with E-state index < -0.39 is 6.43 Å². The normalized spacial score (nSPS) is 15.4. The summed E-state index contributed by atoms with van der Waals surface area (Å²) in [7, 11) is 1.72. The van der Waals surface area contributed by atoms with Crippen molar-refractivity contribution in [2.75, 3.05) is 20.1 Å². The minimum Gasteiger partial charge on any atom is -0.314 e. The van der Waals surface area contributed by atoms with Crippen molar-refractivity contribution >= 4 is 0 Å². The monoisotopic (exact) mass is 268 g/mol. The molecule has 1 aliphatic carbocycles. The van der Waals surface area contributed by atoms with Gasteiger partial charge < -0.3 is 5.32 Å². The summed E-state index contributed by atoms with van der Waals surface area (Å²) in [5, 5.41) is 3.48. The standard InChI is InChI=1S/C15H22F2N2/c1-19(11-15(16)17)10-13-4-2-12(3-5-13)8-9-18-14-6-7-14/h2-5,14-15,18H,6-11H2,1H3. The summed E-state index contributed by atoms with van der Waals surface area (Å²) in [6.45, 7) is 1.42. The zero-order valence-corrected chi connectivity index (χ0v) is 11.4. The van der Waals surface area contributed by atoms with Crippen molar-refractivity contribution in [3.63, 3.8) is 0 Å². The van der Waals surface area contributed by atoms with E-state index in [2.05, 4.69) is 17.4 Å². The highest BCUT2D eigenvalue weighted by molar-refractivity contribution is 5.22. The van der Waals surface area contributed by atoms with Crippen LogP contribution in [0.5, 0.6) is 0 Å². The molecule has 0 radical (unpaired) electrons. The van der Waals surface area contributed by atoms with Gasteiger partial charge in [0.05, 0.1) is 6.54 Å². The third-order valence-electron chi connectivity index (χ3n) is 3.35. The summed E-state index contributed by atoms with van der Waals surface area (Å²) in [6.07, 6.45) is 1.40. The number of nitrogens with one attached hydrogen (secondary N) is 1. The maximum Gasteiger partial charge on any atom is 0.251 e. The minimum absolute atomic E-state index is 0.174. The Kier molecular flexibility index (Phi) is 5.28. The van der Waals surface area contributed by atoms with Crippen LogP contribution in [0.3, 0.4) is 0 Å². The highest BCUT2D eigenvalue weighted by Crippen LogP contribution is 2.18. The highest BCUT2D eigenvalue weighted by Gasteiger charge is 2.19. The lowest BCUT2D eigenvalue weighted by molar-refractivity contribution is 0.0975. The molecule has 0 aliphatic heterocycles. The van der Waals surface area contributed by atoms with E-state index in [0.717, 1.165) is 24.6 Å². The smallest absolute Gasteiger partial charge is 0.251 e. The van der Waals surface area contributed by atoms with E-state index in [1.807, 2.05) is 12.1 Å². The molecule has 2 rings (SSSR count). The Morgan fingerprint density at radius 3 is 2.42 bits per heavy atom. The van der Waals surface area contributed by atoms with Crippen molar-refractivity contribution < 1.29 is 8.78 Å². The van der Waals surface area contributed by atoms with Gasteiger partial charge >= 0.3 is 0 Å². The first-order valence-electron chi connectivity index (χ1n) is 6.91. The Bertz CT molecular complexity index is 374. The number of halogens is 2. The van der Waals surface area contributed by atoms with E-state index >= 15 is 0 Å². The van der Waals surface area contributed by atoms with Crippen LogP contribution in [0.1, 0.15) is 24.0 Å². The predicted molar refractivity (Wildman–Crippen MR) is 73.5 cm³/mol. The van der Waals surface area contributed by atoms with Gasteiger partial charge in [-0.25, -0.2) is 8.78 Å². The Morgan fingerprint density at radius 2 is 1.84 bits per heavy atom. The fraction of sp³-hybridized carbons (Fsp3) is 0.600. The van der Waals surface area contributed by atoms with Crippen LogP contribution in [0.4, 0.5) is 8.78 Å². The first-order valence-corrected chi connectivity index (χ1v) is 6.91. The second kappa shape index (κ2) is 6.96. The van der Waals surface area contributed by atoms with Gasteiger partial charge in [-0.3, -0.25) is 4.90 Å². The molecule has 1 aromatic carbocycles. The molecule has 2 nitrogen and oxygen atoms in total. The van der Waals surface area contributed by atoms with E-state index in [1.54, 1.807) is 11.9 Å². The number of nitrogens with zero attached hydrogens (tertiary/aromatic N) is 1. The summed E-state index contributed by atoms with van der Waals surface area (Å²) in [5.74, 6) is 0. The lowest BCUT2D eigenvalue weighted by Gasteiger charge is -2.16. The van der Waals surface area contributed by atoms with Crippen LogP contribution in [0.25, 0.3) is 0 Å². The van der Waals surface area contributed by atoms with Gasteiger partial charge in [-0.1, -0.05) is 24.3 Å². The van der Waals surface area contributed by atoms with Gasteiger partial charge in [-0.15, -0.1) is 0 Å². The molecule has 0 atom stereocenters. The molecule has 0 amide bonds. The van der Waals surface area contributed by atoms with Crippen LogP contribution < -0.4 is 5.32 Å². The second-order valence-electron chi connectivity index (χ2n) is 5.38. The first-order chi connectivity index (χ1) is 9.13. The average Bonchev–Trinajstić information content (AvgIpc) is 3.14. The van der Waals surface area contributed by atoms with Gasteiger partial charge in [0.1, 0.15) is 0 Å². The van der Waals surface area contributed by atoms with Crippen molar-refractivity contribution in [3.05, 3.63) is 35.4 Å². The van der Waals surface area contributed by atoms with E-state index in [-0.39, 0.29) is 6.54 Å². The fourth-order valence-corrected chi connectivity index (χ4v) is 2.13. The number of benzene rings is 1. The quantitative estimate of drug-likeness (QED) is 0.780. The molecule has 0 unspecified atom stereocenters. The van der Waals surface area contributed by atoms with Crippen molar-refractivity contribution in [1.82, 2.24) is 10.2 Å². The maximum atomic E-state index is 12.2. The Balaban J connectivity index is 1.73. The molecule has 0 saturated heterocycles. The number of alkyl halides is 2. The molecular weight excluding hydrogens is 246 g/mol. The van der Waals surface area contributed by atoms with Crippen molar-refractivity contribution in [1.29, 1.82) is 0 Å². The second-order valence-corrected chi connectivity index (χ2v) is 5.38. The van der Waals surface area contributed by atoms with Crippen LogP contribution in [0.2, 0.25) is 0 Å². The summed E-state index contributed by atoms with van der Waals surface area (Å²) in [5.41, 5.74) is 2.38. The molecule has 19 heavy (non-hydrogen) atoms. The van der Waals surface area contributed by atoms with Gasteiger partial charge in [0.25, 0.3) is 6.43 Å². The molecular formula is C15H22F2N2. The first kappa shape index (κ1) is 14.4. The molecule has 0 heterocycles. The fourth-order valence-electron chi connectivity index (χ4n) is 2.13. The number of hydrogen-bond acceptors (Lipinski definition) is 2. The molecule has 0 bridgehead atoms. The number of rotatable bonds is 8. The van der Waals surface area contributed by atoms with Crippen molar-refractivity contribution in [2.45, 2.75) is 38.3 Å². The zero-order chi connectivity index (χ0) is 13.7. The van der Waals surface area contributed by atoms with Gasteiger partial charge in [0.15, 0.2) is 0 Å². The topological polar surface area (TPSA) is 15.3 Å². The molecule has 1 fully saturated rings. The molecule has 0 spiro atoms. The van der Waals surface area contributed by atoms with Crippen LogP contribution in [0.15, 0.2) is 24.3 Å². The van der Waals surface area contributed by atoms with Gasteiger partial charge in [0, 0.05) is 12.6 Å². The molecule has 1 aliphatic rings. The van der Waals surface area contributed by atoms with Crippen molar-refractivity contribution in [2.24, 2.45) is 0 Å². The van der Waals surface area contributed by atoms with E-state index in [4.69, 9.17) is 0 Å². The third kappa shape index (κ3) is 5.66. The SMILES string of the molecule is CN(Cc1ccc(CCNC2CC2)cc1)CC(F)F. The summed E-state index contributed by atoms with van der Waals surface area (Å²) in [6, 6.07) is 9.02. The Hall–Kier alpha value is -1.00. The zero-order valence-electron chi connectivity index (χ0n) is 11.4. The maximum absolute atomic E-state index is 12.2. The predicted octanol–water partition coefficient (Wildman–Crippen LogP) is 2.68. The Labute approximate surface area is 113 Å². The van der Waals surface area contributed by atoms with E-state index in [1.165, 1.54) is 18.4 Å². The van der Waals surface area contributed by atoms with Gasteiger partial charge in [-0.2, -0.15) is 0 Å². The third-order valence-corrected chi connectivity index (χ3v) is 3.35. The summed E-state index contributed by atoms with van der Waals surface area (Å²) >= 11 is 0. The lowest BCUT2D eigenvalue weighted by Crippen LogP contribution is -2.24. The van der Waals surface area contributed by atoms with Gasteiger partial charge in [-0.05, 0) is 44.0 Å². The number of hydrogen-bond donors (Lipinski definition) is 1. The molecule has 0 aromatic heterocycles. The molecule has 4 heteroatoms. The molecule has 1 saturated carbocycles. The highest BCUT2D eigenvalue weighted by atomic mass is 19.3. The van der Waals surface area contributed by atoms with Crippen LogP contribution in [-0.2, 0) is 13.0 Å².